The van der Waals surface area contributed by atoms with Crippen molar-refractivity contribution >= 4 is 11.8 Å². The summed E-state index contributed by atoms with van der Waals surface area (Å²) in [6, 6.07) is 10.7. The second-order valence-electron chi connectivity index (χ2n) is 3.41. The Labute approximate surface area is 91.4 Å². The fraction of sp³-hybridized carbons (Fsp3) is 0.385. The van der Waals surface area contributed by atoms with Crippen LogP contribution in [0.5, 0.6) is 0 Å². The highest BCUT2D eigenvalue weighted by Crippen LogP contribution is 2.18. The van der Waals surface area contributed by atoms with Crippen LogP contribution in [0.4, 0.5) is 0 Å². The SMILES string of the molecule is C=CCC(CCc1ccccc1)SC. The van der Waals surface area contributed by atoms with Gasteiger partial charge < -0.3 is 0 Å². The van der Waals surface area contributed by atoms with Crippen LogP contribution in [-0.2, 0) is 6.42 Å². The quantitative estimate of drug-likeness (QED) is 0.636. The van der Waals surface area contributed by atoms with Crippen molar-refractivity contribution in [2.24, 2.45) is 0 Å². The molecule has 0 nitrogen and oxygen atoms in total. The molecular weight excluding hydrogens is 188 g/mol. The van der Waals surface area contributed by atoms with Gasteiger partial charge in [0.25, 0.3) is 0 Å². The first kappa shape index (κ1) is 11.4. The maximum absolute atomic E-state index is 3.79. The van der Waals surface area contributed by atoms with Crippen molar-refractivity contribution in [2.75, 3.05) is 6.26 Å². The molecule has 76 valence electrons. The Morgan fingerprint density at radius 1 is 1.36 bits per heavy atom. The Hall–Kier alpha value is -0.690. The average molecular weight is 206 g/mol. The lowest BCUT2D eigenvalue weighted by Gasteiger charge is -2.11. The molecule has 0 amide bonds. The van der Waals surface area contributed by atoms with Gasteiger partial charge in [-0.1, -0.05) is 36.4 Å². The molecule has 0 radical (unpaired) electrons. The van der Waals surface area contributed by atoms with Gasteiger partial charge >= 0.3 is 0 Å². The van der Waals surface area contributed by atoms with Crippen LogP contribution >= 0.6 is 11.8 Å². The van der Waals surface area contributed by atoms with Gasteiger partial charge in [-0.25, -0.2) is 0 Å². The van der Waals surface area contributed by atoms with E-state index in [2.05, 4.69) is 43.2 Å². The fourth-order valence-electron chi connectivity index (χ4n) is 1.49. The maximum Gasteiger partial charge on any atom is 0.00818 e. The normalized spacial score (nSPS) is 12.4. The minimum Gasteiger partial charge on any atom is -0.162 e. The zero-order chi connectivity index (χ0) is 10.2. The van der Waals surface area contributed by atoms with Crippen LogP contribution < -0.4 is 0 Å². The van der Waals surface area contributed by atoms with Gasteiger partial charge in [-0.05, 0) is 31.1 Å². The van der Waals surface area contributed by atoms with Gasteiger partial charge in [0.15, 0.2) is 0 Å². The first-order valence-corrected chi connectivity index (χ1v) is 6.33. The van der Waals surface area contributed by atoms with Crippen LogP contribution in [0.1, 0.15) is 18.4 Å². The molecule has 0 aliphatic rings. The third-order valence-corrected chi connectivity index (χ3v) is 3.46. The molecule has 0 saturated carbocycles. The molecule has 0 aliphatic heterocycles. The second-order valence-corrected chi connectivity index (χ2v) is 4.54. The average Bonchev–Trinajstić information content (AvgIpc) is 2.25. The van der Waals surface area contributed by atoms with Gasteiger partial charge in [-0.15, -0.1) is 6.58 Å². The highest BCUT2D eigenvalue weighted by Gasteiger charge is 2.04. The molecule has 0 heterocycles. The Balaban J connectivity index is 2.35. The van der Waals surface area contributed by atoms with Crippen LogP contribution in [0.3, 0.4) is 0 Å². The van der Waals surface area contributed by atoms with Crippen LogP contribution in [0.2, 0.25) is 0 Å². The van der Waals surface area contributed by atoms with Gasteiger partial charge in [-0.2, -0.15) is 11.8 Å². The third-order valence-electron chi connectivity index (χ3n) is 2.36. The lowest BCUT2D eigenvalue weighted by Crippen LogP contribution is -2.02. The molecular formula is C13H18S. The Kier molecular flexibility index (Phi) is 5.46. The van der Waals surface area contributed by atoms with E-state index < -0.39 is 0 Å². The lowest BCUT2D eigenvalue weighted by atomic mass is 10.1. The standard InChI is InChI=1S/C13H18S/c1-3-7-13(14-2)11-10-12-8-5-4-6-9-12/h3-6,8-9,13H,1,7,10-11H2,2H3. The molecule has 1 heteroatoms. The smallest absolute Gasteiger partial charge is 0.00818 e. The van der Waals surface area contributed by atoms with Gasteiger partial charge in [0.05, 0.1) is 0 Å². The highest BCUT2D eigenvalue weighted by molar-refractivity contribution is 7.99. The summed E-state index contributed by atoms with van der Waals surface area (Å²) in [6.07, 6.45) is 7.75. The number of rotatable bonds is 6. The minimum absolute atomic E-state index is 0.729. The van der Waals surface area contributed by atoms with Crippen LogP contribution in [0, 0.1) is 0 Å². The molecule has 0 aromatic heterocycles. The maximum atomic E-state index is 3.79. The molecule has 1 aromatic carbocycles. The number of allylic oxidation sites excluding steroid dienone is 1. The van der Waals surface area contributed by atoms with Crippen molar-refractivity contribution in [1.29, 1.82) is 0 Å². The molecule has 0 spiro atoms. The summed E-state index contributed by atoms with van der Waals surface area (Å²) in [7, 11) is 0. The summed E-state index contributed by atoms with van der Waals surface area (Å²) >= 11 is 1.94. The van der Waals surface area contributed by atoms with Crippen LogP contribution in [0.15, 0.2) is 43.0 Å². The van der Waals surface area contributed by atoms with E-state index in [4.69, 9.17) is 0 Å². The van der Waals surface area contributed by atoms with E-state index in [0.29, 0.717) is 0 Å². The Bertz CT molecular complexity index is 253. The Morgan fingerprint density at radius 3 is 2.64 bits per heavy atom. The van der Waals surface area contributed by atoms with Crippen molar-refractivity contribution < 1.29 is 0 Å². The monoisotopic (exact) mass is 206 g/mol. The summed E-state index contributed by atoms with van der Waals surface area (Å²) in [5.41, 5.74) is 1.44. The van der Waals surface area contributed by atoms with Crippen molar-refractivity contribution in [2.45, 2.75) is 24.5 Å². The Morgan fingerprint density at radius 2 is 2.07 bits per heavy atom. The minimum atomic E-state index is 0.729. The van der Waals surface area contributed by atoms with Crippen molar-refractivity contribution in [3.63, 3.8) is 0 Å². The molecule has 0 fully saturated rings. The van der Waals surface area contributed by atoms with E-state index in [0.717, 1.165) is 11.7 Å². The zero-order valence-corrected chi connectivity index (χ0v) is 9.59. The van der Waals surface area contributed by atoms with Crippen molar-refractivity contribution in [3.8, 4) is 0 Å². The fourth-order valence-corrected chi connectivity index (χ4v) is 2.17. The summed E-state index contributed by atoms with van der Waals surface area (Å²) in [6.45, 7) is 3.79. The van der Waals surface area contributed by atoms with Gasteiger partial charge in [0.1, 0.15) is 0 Å². The predicted octanol–water partition coefficient (Wildman–Crippen LogP) is 3.93. The second kappa shape index (κ2) is 6.72. The number of hydrogen-bond acceptors (Lipinski definition) is 1. The van der Waals surface area contributed by atoms with E-state index in [-0.39, 0.29) is 0 Å². The van der Waals surface area contributed by atoms with Crippen molar-refractivity contribution in [1.82, 2.24) is 0 Å². The highest BCUT2D eigenvalue weighted by atomic mass is 32.2. The summed E-state index contributed by atoms with van der Waals surface area (Å²) in [5.74, 6) is 0. The van der Waals surface area contributed by atoms with E-state index in [9.17, 15) is 0 Å². The number of benzene rings is 1. The summed E-state index contributed by atoms with van der Waals surface area (Å²) in [5, 5.41) is 0.729. The van der Waals surface area contributed by atoms with Crippen LogP contribution in [0.25, 0.3) is 0 Å². The number of aryl methyl sites for hydroxylation is 1. The lowest BCUT2D eigenvalue weighted by molar-refractivity contribution is 0.768. The van der Waals surface area contributed by atoms with E-state index in [1.807, 2.05) is 17.8 Å². The molecule has 1 atom stereocenters. The largest absolute Gasteiger partial charge is 0.162 e. The van der Waals surface area contributed by atoms with E-state index >= 15 is 0 Å². The molecule has 0 N–H and O–H groups in total. The van der Waals surface area contributed by atoms with Gasteiger partial charge in [0, 0.05) is 5.25 Å². The summed E-state index contributed by atoms with van der Waals surface area (Å²) < 4.78 is 0. The van der Waals surface area contributed by atoms with Crippen LogP contribution in [-0.4, -0.2) is 11.5 Å². The molecule has 0 saturated heterocycles. The van der Waals surface area contributed by atoms with E-state index in [1.54, 1.807) is 0 Å². The molecule has 0 aliphatic carbocycles. The molecule has 1 unspecified atom stereocenters. The zero-order valence-electron chi connectivity index (χ0n) is 8.78. The topological polar surface area (TPSA) is 0 Å². The predicted molar refractivity (Wildman–Crippen MR) is 66.9 cm³/mol. The number of hydrogen-bond donors (Lipinski definition) is 0. The van der Waals surface area contributed by atoms with Crippen molar-refractivity contribution in [3.05, 3.63) is 48.6 Å². The molecule has 1 aromatic rings. The molecule has 1 rings (SSSR count). The van der Waals surface area contributed by atoms with Gasteiger partial charge in [0.2, 0.25) is 0 Å². The third kappa shape index (κ3) is 4.01. The van der Waals surface area contributed by atoms with Gasteiger partial charge in [-0.3, -0.25) is 0 Å². The first-order valence-electron chi connectivity index (χ1n) is 5.04. The number of thioether (sulfide) groups is 1. The first-order chi connectivity index (χ1) is 6.86. The molecule has 14 heavy (non-hydrogen) atoms. The summed E-state index contributed by atoms with van der Waals surface area (Å²) in [4.78, 5) is 0. The van der Waals surface area contributed by atoms with E-state index in [1.165, 1.54) is 18.4 Å². The molecule has 0 bridgehead atoms.